The predicted octanol–water partition coefficient (Wildman–Crippen LogP) is 1.95. The van der Waals surface area contributed by atoms with Crippen molar-refractivity contribution in [3.05, 3.63) is 63.6 Å². The van der Waals surface area contributed by atoms with Crippen LogP contribution in [0.25, 0.3) is 0 Å². The van der Waals surface area contributed by atoms with Gasteiger partial charge in [-0.25, -0.2) is 0 Å². The summed E-state index contributed by atoms with van der Waals surface area (Å²) in [6, 6.07) is 8.71. The Balaban J connectivity index is 1.87. The fourth-order valence-corrected chi connectivity index (χ4v) is 3.30. The van der Waals surface area contributed by atoms with Crippen molar-refractivity contribution in [2.24, 2.45) is 0 Å². The molecule has 0 bridgehead atoms. The Hall–Kier alpha value is -3.13. The van der Waals surface area contributed by atoms with Gasteiger partial charge >= 0.3 is 0 Å². The normalized spacial score (nSPS) is 17.1. The number of nitrogens with one attached hydrogen (secondary N) is 2. The third-order valence-electron chi connectivity index (χ3n) is 4.97. The first-order chi connectivity index (χ1) is 15.0. The van der Waals surface area contributed by atoms with Gasteiger partial charge in [-0.3, -0.25) is 14.4 Å². The highest BCUT2D eigenvalue weighted by molar-refractivity contribution is 5.99. The minimum absolute atomic E-state index is 0.0177. The largest absolute Gasteiger partial charge is 0.494 e. The first-order valence-corrected chi connectivity index (χ1v) is 10.6. The van der Waals surface area contributed by atoms with Crippen LogP contribution in [0.4, 0.5) is 0 Å². The first-order valence-electron chi connectivity index (χ1n) is 10.6. The molecular formula is C23H29N3O5. The number of rotatable bonds is 10. The van der Waals surface area contributed by atoms with Gasteiger partial charge in [0.1, 0.15) is 11.3 Å². The van der Waals surface area contributed by atoms with Crippen LogP contribution in [-0.2, 0) is 11.3 Å². The predicted molar refractivity (Wildman–Crippen MR) is 117 cm³/mol. The zero-order chi connectivity index (χ0) is 22.4. The van der Waals surface area contributed by atoms with Gasteiger partial charge in [0.2, 0.25) is 0 Å². The number of pyridine rings is 1. The van der Waals surface area contributed by atoms with Crippen molar-refractivity contribution in [2.45, 2.75) is 45.4 Å². The highest BCUT2D eigenvalue weighted by Crippen LogP contribution is 2.25. The third kappa shape index (κ3) is 5.73. The lowest BCUT2D eigenvalue weighted by molar-refractivity contribution is 0.0914. The number of benzene rings is 1. The highest BCUT2D eigenvalue weighted by atomic mass is 16.5. The maximum atomic E-state index is 12.9. The number of carbonyl (C=O) groups is 2. The van der Waals surface area contributed by atoms with Crippen molar-refractivity contribution in [1.82, 2.24) is 15.2 Å². The topological polar surface area (TPSA) is 98.7 Å². The fraction of sp³-hybridized carbons (Fsp3) is 0.435. The van der Waals surface area contributed by atoms with Gasteiger partial charge in [-0.1, -0.05) is 19.1 Å². The Morgan fingerprint density at radius 2 is 2.00 bits per heavy atom. The number of hydrogen-bond acceptors (Lipinski definition) is 5. The van der Waals surface area contributed by atoms with E-state index in [1.807, 2.05) is 38.1 Å². The Kier molecular flexibility index (Phi) is 7.46. The van der Waals surface area contributed by atoms with Crippen LogP contribution in [-0.4, -0.2) is 48.8 Å². The number of aromatic nitrogens is 1. The summed E-state index contributed by atoms with van der Waals surface area (Å²) >= 11 is 0. The van der Waals surface area contributed by atoms with Crippen molar-refractivity contribution >= 4 is 11.8 Å². The quantitative estimate of drug-likeness (QED) is 0.604. The van der Waals surface area contributed by atoms with E-state index < -0.39 is 11.5 Å². The van der Waals surface area contributed by atoms with Gasteiger partial charge in [-0.2, -0.15) is 0 Å². The molecule has 0 radical (unpaired) electrons. The third-order valence-corrected chi connectivity index (χ3v) is 4.97. The zero-order valence-corrected chi connectivity index (χ0v) is 18.1. The molecule has 3 rings (SSSR count). The number of hydrogen-bond donors (Lipinski definition) is 2. The van der Waals surface area contributed by atoms with Crippen molar-refractivity contribution in [2.75, 3.05) is 20.3 Å². The van der Waals surface area contributed by atoms with Crippen LogP contribution >= 0.6 is 0 Å². The minimum atomic E-state index is -0.535. The van der Waals surface area contributed by atoms with E-state index in [1.165, 1.54) is 23.9 Å². The van der Waals surface area contributed by atoms with Gasteiger partial charge in [0, 0.05) is 19.9 Å². The minimum Gasteiger partial charge on any atom is -0.494 e. The molecule has 166 valence electrons. The number of ether oxygens (including phenoxy) is 2. The van der Waals surface area contributed by atoms with Crippen LogP contribution in [0.2, 0.25) is 0 Å². The molecule has 1 aromatic carbocycles. The second kappa shape index (κ2) is 10.3. The van der Waals surface area contributed by atoms with E-state index in [0.29, 0.717) is 19.0 Å². The molecular weight excluding hydrogens is 398 g/mol. The van der Waals surface area contributed by atoms with E-state index in [4.69, 9.17) is 9.47 Å². The highest BCUT2D eigenvalue weighted by Gasteiger charge is 2.39. The summed E-state index contributed by atoms with van der Waals surface area (Å²) < 4.78 is 12.5. The van der Waals surface area contributed by atoms with Crippen molar-refractivity contribution in [1.29, 1.82) is 0 Å². The van der Waals surface area contributed by atoms with Crippen molar-refractivity contribution in [3.63, 3.8) is 0 Å². The summed E-state index contributed by atoms with van der Waals surface area (Å²) in [6.07, 6.45) is 3.15. The summed E-state index contributed by atoms with van der Waals surface area (Å²) in [7, 11) is 1.45. The molecule has 2 aromatic rings. The van der Waals surface area contributed by atoms with Gasteiger partial charge < -0.3 is 24.7 Å². The summed E-state index contributed by atoms with van der Waals surface area (Å²) in [5, 5.41) is 5.37. The van der Waals surface area contributed by atoms with Gasteiger partial charge in [0.15, 0.2) is 0 Å². The molecule has 8 heteroatoms. The average molecular weight is 428 g/mol. The van der Waals surface area contributed by atoms with E-state index >= 15 is 0 Å². The van der Waals surface area contributed by atoms with Gasteiger partial charge in [0.05, 0.1) is 30.9 Å². The molecule has 1 fully saturated rings. The Bertz CT molecular complexity index is 1000. The summed E-state index contributed by atoms with van der Waals surface area (Å²) in [6.45, 7) is 5.33. The van der Waals surface area contributed by atoms with Crippen LogP contribution in [0.3, 0.4) is 0 Å². The number of nitrogens with zero attached hydrogens (tertiary/aromatic N) is 1. The van der Waals surface area contributed by atoms with E-state index in [9.17, 15) is 14.4 Å². The fourth-order valence-electron chi connectivity index (χ4n) is 3.30. The molecule has 1 aliphatic rings. The summed E-state index contributed by atoms with van der Waals surface area (Å²) in [4.78, 5) is 37.9. The number of amides is 2. The molecule has 0 saturated heterocycles. The SMILES string of the molecule is CCCOc1cccc(Cn2cc(C(=O)N[C@@H]3C[C@H]3OCC)cc(C(=O)NC)c2=O)c1. The average Bonchev–Trinajstić information content (AvgIpc) is 3.50. The smallest absolute Gasteiger partial charge is 0.263 e. The van der Waals surface area contributed by atoms with E-state index in [2.05, 4.69) is 10.6 Å². The zero-order valence-electron chi connectivity index (χ0n) is 18.1. The van der Waals surface area contributed by atoms with Crippen LogP contribution < -0.4 is 20.9 Å². The van der Waals surface area contributed by atoms with E-state index in [-0.39, 0.29) is 35.7 Å². The molecule has 8 nitrogen and oxygen atoms in total. The van der Waals surface area contributed by atoms with Gasteiger partial charge in [-0.05, 0) is 43.5 Å². The Labute approximate surface area is 181 Å². The molecule has 2 atom stereocenters. The molecule has 1 heterocycles. The standard InChI is InChI=1S/C23H29N3O5/c1-4-9-31-17-8-6-7-15(10-17)13-26-14-16(11-18(23(26)29)22(28)24-3)21(27)25-19-12-20(19)30-5-2/h6-8,10-11,14,19-20H,4-5,9,12-13H2,1-3H3,(H,24,28)(H,25,27)/t19-,20-/m1/s1. The first kappa shape index (κ1) is 22.6. The van der Waals surface area contributed by atoms with Crippen molar-refractivity contribution in [3.8, 4) is 5.75 Å². The van der Waals surface area contributed by atoms with Crippen LogP contribution in [0.5, 0.6) is 5.75 Å². The molecule has 2 amide bonds. The van der Waals surface area contributed by atoms with Crippen LogP contribution in [0.15, 0.2) is 41.3 Å². The lowest BCUT2D eigenvalue weighted by Gasteiger charge is -2.13. The van der Waals surface area contributed by atoms with E-state index in [0.717, 1.165) is 18.4 Å². The molecule has 0 aliphatic heterocycles. The lowest BCUT2D eigenvalue weighted by atomic mass is 10.1. The second-order valence-electron chi connectivity index (χ2n) is 7.46. The monoisotopic (exact) mass is 427 g/mol. The lowest BCUT2D eigenvalue weighted by Crippen LogP contribution is -2.35. The van der Waals surface area contributed by atoms with Crippen molar-refractivity contribution < 1.29 is 19.1 Å². The van der Waals surface area contributed by atoms with Crippen LogP contribution in [0, 0.1) is 0 Å². The summed E-state index contributed by atoms with van der Waals surface area (Å²) in [5.41, 5.74) is 0.536. The molecule has 31 heavy (non-hydrogen) atoms. The second-order valence-corrected chi connectivity index (χ2v) is 7.46. The number of carbonyl (C=O) groups excluding carboxylic acids is 2. The molecule has 0 spiro atoms. The maximum absolute atomic E-state index is 12.9. The molecule has 1 aromatic heterocycles. The maximum Gasteiger partial charge on any atom is 0.263 e. The molecule has 1 saturated carbocycles. The Morgan fingerprint density at radius 1 is 1.19 bits per heavy atom. The molecule has 2 N–H and O–H groups in total. The molecule has 0 unspecified atom stereocenters. The Morgan fingerprint density at radius 3 is 2.71 bits per heavy atom. The van der Waals surface area contributed by atoms with E-state index in [1.54, 1.807) is 0 Å². The van der Waals surface area contributed by atoms with Gasteiger partial charge in [0.25, 0.3) is 17.4 Å². The molecule has 1 aliphatic carbocycles. The van der Waals surface area contributed by atoms with Gasteiger partial charge in [-0.15, -0.1) is 0 Å². The van der Waals surface area contributed by atoms with Crippen LogP contribution in [0.1, 0.15) is 53.0 Å². The summed E-state index contributed by atoms with van der Waals surface area (Å²) in [5.74, 6) is -0.165.